The molecule has 2 aromatic heterocycles. The van der Waals surface area contributed by atoms with Gasteiger partial charge in [0.25, 0.3) is 0 Å². The van der Waals surface area contributed by atoms with E-state index >= 15 is 0 Å². The number of carboxylic acid groups (broad SMARTS) is 1. The van der Waals surface area contributed by atoms with E-state index in [9.17, 15) is 14.7 Å². The number of carboxylic acids is 1. The van der Waals surface area contributed by atoms with Gasteiger partial charge in [-0.15, -0.1) is 11.3 Å². The molecule has 0 spiro atoms. The van der Waals surface area contributed by atoms with E-state index in [1.165, 1.54) is 17.5 Å². The van der Waals surface area contributed by atoms with E-state index in [-0.39, 0.29) is 17.8 Å². The molecule has 0 aliphatic heterocycles. The maximum Gasteiger partial charge on any atom is 0.337 e. The van der Waals surface area contributed by atoms with Crippen molar-refractivity contribution >= 4 is 34.7 Å². The summed E-state index contributed by atoms with van der Waals surface area (Å²) in [6.07, 6.45) is 4.08. The van der Waals surface area contributed by atoms with Crippen LogP contribution in [0.3, 0.4) is 0 Å². The van der Waals surface area contributed by atoms with Crippen molar-refractivity contribution in [1.82, 2.24) is 9.55 Å². The number of halogens is 1. The number of thiazole rings is 1. The van der Waals surface area contributed by atoms with Gasteiger partial charge < -0.3 is 9.67 Å². The van der Waals surface area contributed by atoms with Crippen LogP contribution in [0.1, 0.15) is 27.2 Å². The number of rotatable bonds is 7. The third-order valence-electron chi connectivity index (χ3n) is 3.96. The lowest BCUT2D eigenvalue weighted by Crippen LogP contribution is -2.07. The number of nitrogens with zero attached hydrogens (tertiary/aromatic N) is 2. The molecule has 0 atom stereocenters. The Balaban J connectivity index is 1.65. The summed E-state index contributed by atoms with van der Waals surface area (Å²) in [5, 5.41) is 10.5. The minimum atomic E-state index is -1.02. The van der Waals surface area contributed by atoms with Gasteiger partial charge in [0.2, 0.25) is 0 Å². The van der Waals surface area contributed by atoms with Gasteiger partial charge in [0.15, 0.2) is 0 Å². The molecule has 0 aliphatic rings. The van der Waals surface area contributed by atoms with E-state index in [1.807, 2.05) is 30.3 Å². The lowest BCUT2D eigenvalue weighted by molar-refractivity contribution is -0.118. The maximum atomic E-state index is 12.3. The van der Waals surface area contributed by atoms with Crippen molar-refractivity contribution < 1.29 is 14.7 Å². The highest BCUT2D eigenvalue weighted by Crippen LogP contribution is 2.31. The smallest absolute Gasteiger partial charge is 0.337 e. The third kappa shape index (κ3) is 4.20. The van der Waals surface area contributed by atoms with Crippen molar-refractivity contribution in [2.75, 3.05) is 0 Å². The first-order valence-electron chi connectivity index (χ1n) is 8.04. The van der Waals surface area contributed by atoms with Gasteiger partial charge in [-0.25, -0.2) is 9.78 Å². The first-order chi connectivity index (χ1) is 12.4. The second kappa shape index (κ2) is 7.85. The molecule has 26 heavy (non-hydrogen) atoms. The van der Waals surface area contributed by atoms with Gasteiger partial charge >= 0.3 is 5.97 Å². The Labute approximate surface area is 159 Å². The first-order valence-corrected chi connectivity index (χ1v) is 9.24. The highest BCUT2D eigenvalue weighted by atomic mass is 35.5. The molecule has 0 bridgehead atoms. The minimum Gasteiger partial charge on any atom is -0.478 e. The molecule has 5 nitrogen and oxygen atoms in total. The van der Waals surface area contributed by atoms with Crippen LogP contribution in [-0.2, 0) is 24.7 Å². The zero-order valence-corrected chi connectivity index (χ0v) is 15.7. The SMILES string of the molecule is Cn1cc(CC(=O)CCc2sc(-c3ccccc3)nc2Cl)c(C(=O)O)c1. The van der Waals surface area contributed by atoms with E-state index in [2.05, 4.69) is 4.98 Å². The van der Waals surface area contributed by atoms with Gasteiger partial charge in [-0.3, -0.25) is 4.79 Å². The van der Waals surface area contributed by atoms with E-state index in [0.29, 0.717) is 23.6 Å². The van der Waals surface area contributed by atoms with Crippen molar-refractivity contribution in [3.05, 3.63) is 63.9 Å². The topological polar surface area (TPSA) is 72.2 Å². The summed E-state index contributed by atoms with van der Waals surface area (Å²) in [5.41, 5.74) is 1.70. The number of aryl methyl sites for hydroxylation is 2. The summed E-state index contributed by atoms with van der Waals surface area (Å²) in [6.45, 7) is 0. The van der Waals surface area contributed by atoms with Gasteiger partial charge in [0.1, 0.15) is 15.9 Å². The first kappa shape index (κ1) is 18.4. The molecular weight excluding hydrogens is 372 g/mol. The number of benzene rings is 1. The summed E-state index contributed by atoms with van der Waals surface area (Å²) in [7, 11) is 1.74. The summed E-state index contributed by atoms with van der Waals surface area (Å²) < 4.78 is 1.65. The van der Waals surface area contributed by atoms with Crippen molar-refractivity contribution in [2.45, 2.75) is 19.3 Å². The molecular formula is C19H17ClN2O3S. The number of Topliss-reactive ketones (excluding diaryl/α,β-unsaturated/α-hetero) is 1. The second-order valence-corrected chi connectivity index (χ2v) is 7.42. The van der Waals surface area contributed by atoms with Crippen LogP contribution >= 0.6 is 22.9 Å². The fraction of sp³-hybridized carbons (Fsp3) is 0.211. The second-order valence-electron chi connectivity index (χ2n) is 5.98. The Bertz CT molecular complexity index is 947. The summed E-state index contributed by atoms with van der Waals surface area (Å²) in [5.74, 6) is -1.05. The van der Waals surface area contributed by atoms with Crippen LogP contribution in [-0.4, -0.2) is 26.4 Å². The van der Waals surface area contributed by atoms with E-state index < -0.39 is 5.97 Å². The summed E-state index contributed by atoms with van der Waals surface area (Å²) in [6, 6.07) is 9.74. The zero-order chi connectivity index (χ0) is 18.7. The number of carbonyl (C=O) groups is 2. The van der Waals surface area contributed by atoms with Crippen molar-refractivity contribution in [1.29, 1.82) is 0 Å². The lowest BCUT2D eigenvalue weighted by atomic mass is 10.0. The predicted molar refractivity (Wildman–Crippen MR) is 102 cm³/mol. The summed E-state index contributed by atoms with van der Waals surface area (Å²) >= 11 is 7.70. The Morgan fingerprint density at radius 3 is 2.65 bits per heavy atom. The molecule has 0 aliphatic carbocycles. The Hall–Kier alpha value is -2.44. The quantitative estimate of drug-likeness (QED) is 0.656. The molecule has 0 saturated carbocycles. The average molecular weight is 389 g/mol. The van der Waals surface area contributed by atoms with Gasteiger partial charge in [-0.05, 0) is 12.0 Å². The Morgan fingerprint density at radius 1 is 1.23 bits per heavy atom. The van der Waals surface area contributed by atoms with Crippen LogP contribution in [0.4, 0.5) is 0 Å². The Morgan fingerprint density at radius 2 is 1.96 bits per heavy atom. The third-order valence-corrected chi connectivity index (χ3v) is 5.55. The number of ketones is 1. The zero-order valence-electron chi connectivity index (χ0n) is 14.1. The van der Waals surface area contributed by atoms with Gasteiger partial charge in [0.05, 0.1) is 5.56 Å². The highest BCUT2D eigenvalue weighted by Gasteiger charge is 2.17. The molecule has 7 heteroatoms. The van der Waals surface area contributed by atoms with Gasteiger partial charge in [0, 0.05) is 42.7 Å². The molecule has 1 aromatic carbocycles. The molecule has 0 fully saturated rings. The van der Waals surface area contributed by atoms with Crippen LogP contribution < -0.4 is 0 Å². The fourth-order valence-electron chi connectivity index (χ4n) is 2.72. The minimum absolute atomic E-state index is 0.0237. The van der Waals surface area contributed by atoms with E-state index in [4.69, 9.17) is 11.6 Å². The number of aromatic carboxylic acids is 1. The predicted octanol–water partition coefficient (Wildman–Crippen LogP) is 4.24. The fourth-order valence-corrected chi connectivity index (χ4v) is 4.02. The maximum absolute atomic E-state index is 12.3. The monoisotopic (exact) mass is 388 g/mol. The molecule has 1 N–H and O–H groups in total. The molecule has 3 rings (SSSR count). The van der Waals surface area contributed by atoms with Crippen LogP contribution in [0.15, 0.2) is 42.7 Å². The van der Waals surface area contributed by atoms with Gasteiger partial charge in [-0.1, -0.05) is 41.9 Å². The van der Waals surface area contributed by atoms with Gasteiger partial charge in [-0.2, -0.15) is 0 Å². The van der Waals surface area contributed by atoms with Crippen molar-refractivity contribution in [2.24, 2.45) is 7.05 Å². The molecule has 0 radical (unpaired) electrons. The summed E-state index contributed by atoms with van der Waals surface area (Å²) in [4.78, 5) is 28.8. The van der Waals surface area contributed by atoms with E-state index in [0.717, 1.165) is 15.4 Å². The number of hydrogen-bond donors (Lipinski definition) is 1. The average Bonchev–Trinajstić information content (AvgIpc) is 3.16. The molecule has 2 heterocycles. The lowest BCUT2D eigenvalue weighted by Gasteiger charge is -2.00. The molecule has 0 saturated heterocycles. The van der Waals surface area contributed by atoms with Crippen LogP contribution in [0.2, 0.25) is 5.15 Å². The number of hydrogen-bond acceptors (Lipinski definition) is 4. The molecule has 0 amide bonds. The van der Waals surface area contributed by atoms with Crippen LogP contribution in [0.5, 0.6) is 0 Å². The number of aromatic nitrogens is 2. The van der Waals surface area contributed by atoms with E-state index in [1.54, 1.807) is 17.8 Å². The highest BCUT2D eigenvalue weighted by molar-refractivity contribution is 7.15. The largest absolute Gasteiger partial charge is 0.478 e. The molecule has 0 unspecified atom stereocenters. The normalized spacial score (nSPS) is 10.8. The van der Waals surface area contributed by atoms with Crippen molar-refractivity contribution in [3.63, 3.8) is 0 Å². The molecule has 3 aromatic rings. The standard InChI is InChI=1S/C19H17ClN2O3S/c1-22-10-13(15(11-22)19(24)25)9-14(23)7-8-16-17(20)21-18(26-16)12-5-3-2-4-6-12/h2-6,10-11H,7-9H2,1H3,(H,24,25). The number of carbonyl (C=O) groups excluding carboxylic acids is 1. The van der Waals surface area contributed by atoms with Crippen LogP contribution in [0, 0.1) is 0 Å². The molecule has 134 valence electrons. The van der Waals surface area contributed by atoms with Crippen LogP contribution in [0.25, 0.3) is 10.6 Å². The Kier molecular flexibility index (Phi) is 5.54. The van der Waals surface area contributed by atoms with Crippen molar-refractivity contribution in [3.8, 4) is 10.6 Å².